The number of aliphatic hydroxyl groups excluding tert-OH is 2. The second-order valence-corrected chi connectivity index (χ2v) is 10.3. The fourth-order valence-electron chi connectivity index (χ4n) is 3.46. The number of halogens is 5. The summed E-state index contributed by atoms with van der Waals surface area (Å²) in [5, 5.41) is 31.2. The van der Waals surface area contributed by atoms with Crippen LogP contribution in [0.3, 0.4) is 0 Å². The van der Waals surface area contributed by atoms with E-state index in [9.17, 15) is 23.4 Å². The number of alkyl halides is 3. The van der Waals surface area contributed by atoms with Crippen molar-refractivity contribution in [3.63, 3.8) is 0 Å². The summed E-state index contributed by atoms with van der Waals surface area (Å²) >= 11 is 14.2. The lowest BCUT2D eigenvalue weighted by atomic mass is 9.97. The van der Waals surface area contributed by atoms with Crippen LogP contribution in [0.15, 0.2) is 34.7 Å². The number of hydrogen-bond donors (Lipinski definition) is 3. The lowest BCUT2D eigenvalue weighted by molar-refractivity contribution is -0.233. The topological polar surface area (TPSA) is 129 Å². The summed E-state index contributed by atoms with van der Waals surface area (Å²) in [7, 11) is 0. The first-order valence-electron chi connectivity index (χ1n) is 9.93. The zero-order valence-corrected chi connectivity index (χ0v) is 20.6. The molecular weight excluding hydrogens is 554 g/mol. The molecule has 1 aromatic carbocycles. The highest BCUT2D eigenvalue weighted by molar-refractivity contribution is 7.99. The number of thioether (sulfide) groups is 1. The van der Waals surface area contributed by atoms with Gasteiger partial charge >= 0.3 is 6.18 Å². The highest BCUT2D eigenvalue weighted by Crippen LogP contribution is 2.41. The molecule has 1 aliphatic rings. The summed E-state index contributed by atoms with van der Waals surface area (Å²) in [6, 6.07) is 3.46. The number of benzene rings is 1. The summed E-state index contributed by atoms with van der Waals surface area (Å²) < 4.78 is 51.5. The third kappa shape index (κ3) is 6.20. The maximum absolute atomic E-state index is 13.1. The fraction of sp³-hybridized carbons (Fsp3) is 0.421. The normalized spacial score (nSPS) is 25.2. The van der Waals surface area contributed by atoms with Crippen LogP contribution in [-0.2, 0) is 9.47 Å². The second kappa shape index (κ2) is 10.8. The van der Waals surface area contributed by atoms with Crippen molar-refractivity contribution in [1.29, 1.82) is 0 Å². The Bertz CT molecular complexity index is 1170. The summed E-state index contributed by atoms with van der Waals surface area (Å²) in [6.45, 7) is -2.21. The maximum Gasteiger partial charge on any atom is 0.411 e. The lowest BCUT2D eigenvalue weighted by Gasteiger charge is -2.43. The summed E-state index contributed by atoms with van der Waals surface area (Å²) in [4.78, 5) is 4.63. The van der Waals surface area contributed by atoms with Gasteiger partial charge in [-0.15, -0.1) is 16.4 Å². The van der Waals surface area contributed by atoms with Crippen LogP contribution in [0.2, 0.25) is 10.0 Å². The Morgan fingerprint density at radius 2 is 2.03 bits per heavy atom. The molecule has 0 amide bonds. The van der Waals surface area contributed by atoms with E-state index < -0.39 is 49.2 Å². The zero-order chi connectivity index (χ0) is 25.3. The summed E-state index contributed by atoms with van der Waals surface area (Å²) in [5.74, 6) is 0. The van der Waals surface area contributed by atoms with Gasteiger partial charge in [0, 0.05) is 10.3 Å². The van der Waals surface area contributed by atoms with Crippen molar-refractivity contribution in [2.45, 2.75) is 40.9 Å². The van der Waals surface area contributed by atoms with Crippen LogP contribution in [0.25, 0.3) is 11.4 Å². The largest absolute Gasteiger partial charge is 0.411 e. The van der Waals surface area contributed by atoms with E-state index >= 15 is 0 Å². The van der Waals surface area contributed by atoms with E-state index in [4.69, 9.17) is 38.4 Å². The predicted octanol–water partition coefficient (Wildman–Crippen LogP) is 3.65. The molecule has 0 spiro atoms. The SMILES string of the molecule is Nc1nc(-c2cn([C@@H]3C(OCC(F)(F)F)[C@@H](Sc4ccc(Cl)c(Cl)c4)OC(CO)[C@@H]3O)nn2)cs1. The van der Waals surface area contributed by atoms with Crippen molar-refractivity contribution in [1.82, 2.24) is 20.0 Å². The van der Waals surface area contributed by atoms with Crippen LogP contribution in [0.5, 0.6) is 0 Å². The number of nitrogens with two attached hydrogens (primary N) is 1. The fourth-order valence-corrected chi connectivity index (χ4v) is 5.55. The van der Waals surface area contributed by atoms with Crippen LogP contribution in [0.4, 0.5) is 18.3 Å². The average Bonchev–Trinajstić information content (AvgIpc) is 3.44. The van der Waals surface area contributed by atoms with E-state index in [0.717, 1.165) is 11.8 Å². The van der Waals surface area contributed by atoms with Gasteiger partial charge in [-0.05, 0) is 18.2 Å². The Hall–Kier alpha value is -1.65. The third-order valence-corrected chi connectivity index (χ3v) is 7.56. The minimum atomic E-state index is -4.65. The molecule has 190 valence electrons. The Balaban J connectivity index is 1.70. The number of thiazole rings is 1. The molecule has 2 aromatic heterocycles. The molecule has 16 heteroatoms. The van der Waals surface area contributed by atoms with Gasteiger partial charge in [-0.1, -0.05) is 40.2 Å². The van der Waals surface area contributed by atoms with E-state index in [1.807, 2.05) is 0 Å². The molecule has 9 nitrogen and oxygen atoms in total. The quantitative estimate of drug-likeness (QED) is 0.389. The van der Waals surface area contributed by atoms with Crippen LogP contribution >= 0.6 is 46.3 Å². The van der Waals surface area contributed by atoms with Crippen molar-refractivity contribution in [2.75, 3.05) is 18.9 Å². The van der Waals surface area contributed by atoms with Gasteiger partial charge in [0.25, 0.3) is 0 Å². The smallest absolute Gasteiger partial charge is 0.394 e. The third-order valence-electron chi connectivity index (χ3n) is 5.01. The first kappa shape index (κ1) is 26.4. The van der Waals surface area contributed by atoms with Gasteiger partial charge in [-0.25, -0.2) is 9.67 Å². The highest BCUT2D eigenvalue weighted by Gasteiger charge is 2.49. The molecule has 0 bridgehead atoms. The molecule has 2 unspecified atom stereocenters. The van der Waals surface area contributed by atoms with Gasteiger partial charge in [0.15, 0.2) is 5.13 Å². The number of aromatic nitrogens is 4. The molecule has 4 N–H and O–H groups in total. The number of ether oxygens (including phenoxy) is 2. The van der Waals surface area contributed by atoms with E-state index in [1.165, 1.54) is 34.3 Å². The molecule has 4 rings (SSSR count). The minimum Gasteiger partial charge on any atom is -0.394 e. The van der Waals surface area contributed by atoms with E-state index in [0.29, 0.717) is 26.4 Å². The number of nitrogens with zero attached hydrogens (tertiary/aromatic N) is 4. The number of hydrogen-bond acceptors (Lipinski definition) is 10. The molecule has 3 aromatic rings. The van der Waals surface area contributed by atoms with Gasteiger partial charge in [0.2, 0.25) is 0 Å². The standard InChI is InChI=1S/C19H18Cl2F3N5O4S2/c20-9-2-1-8(3-10(9)21)35-17-16(32-7-19(22,23)24)14(15(31)13(5-30)33-17)29-4-11(27-28-29)12-6-34-18(25)26-12/h1-4,6,13-17,30-31H,5,7H2,(H2,25,26)/t13?,14-,15-,16?,17+/m0/s1. The molecule has 1 saturated heterocycles. The van der Waals surface area contributed by atoms with Crippen molar-refractivity contribution < 1.29 is 32.9 Å². The van der Waals surface area contributed by atoms with Gasteiger partial charge in [0.05, 0.1) is 22.8 Å². The maximum atomic E-state index is 13.1. The molecule has 0 radical (unpaired) electrons. The zero-order valence-electron chi connectivity index (χ0n) is 17.5. The van der Waals surface area contributed by atoms with Crippen LogP contribution in [0.1, 0.15) is 6.04 Å². The molecule has 3 heterocycles. The molecular formula is C19H18Cl2F3N5O4S2. The molecule has 1 aliphatic heterocycles. The van der Waals surface area contributed by atoms with Crippen molar-refractivity contribution in [3.05, 3.63) is 39.8 Å². The van der Waals surface area contributed by atoms with Crippen LogP contribution in [0, 0.1) is 0 Å². The van der Waals surface area contributed by atoms with E-state index in [2.05, 4.69) is 15.3 Å². The average molecular weight is 572 g/mol. The number of aliphatic hydroxyl groups is 2. The first-order chi connectivity index (χ1) is 16.6. The Morgan fingerprint density at radius 3 is 2.66 bits per heavy atom. The van der Waals surface area contributed by atoms with Gasteiger partial charge in [-0.2, -0.15) is 13.2 Å². The molecule has 0 saturated carbocycles. The summed E-state index contributed by atoms with van der Waals surface area (Å²) in [6.07, 6.45) is -7.21. The van der Waals surface area contributed by atoms with Crippen molar-refractivity contribution >= 4 is 51.4 Å². The van der Waals surface area contributed by atoms with E-state index in [-0.39, 0.29) is 5.02 Å². The monoisotopic (exact) mass is 571 g/mol. The molecule has 0 aliphatic carbocycles. The van der Waals surface area contributed by atoms with Crippen LogP contribution in [-0.4, -0.2) is 73.3 Å². The first-order valence-corrected chi connectivity index (χ1v) is 12.4. The molecule has 35 heavy (non-hydrogen) atoms. The second-order valence-electron chi connectivity index (χ2n) is 7.45. The molecule has 1 fully saturated rings. The van der Waals surface area contributed by atoms with Gasteiger partial charge in [-0.3, -0.25) is 0 Å². The van der Waals surface area contributed by atoms with Gasteiger partial charge < -0.3 is 25.4 Å². The lowest BCUT2D eigenvalue weighted by Crippen LogP contribution is -2.56. The van der Waals surface area contributed by atoms with E-state index in [1.54, 1.807) is 11.4 Å². The van der Waals surface area contributed by atoms with Gasteiger partial charge in [0.1, 0.15) is 47.8 Å². The number of nitrogen functional groups attached to an aromatic ring is 1. The Morgan fingerprint density at radius 1 is 1.26 bits per heavy atom. The predicted molar refractivity (Wildman–Crippen MR) is 124 cm³/mol. The summed E-state index contributed by atoms with van der Waals surface area (Å²) in [5.41, 5.74) is 5.27. The van der Waals surface area contributed by atoms with Crippen molar-refractivity contribution in [3.8, 4) is 11.4 Å². The number of anilines is 1. The molecule has 5 atom stereocenters. The number of rotatable bonds is 7. The Kier molecular flexibility index (Phi) is 8.12. The minimum absolute atomic E-state index is 0.235. The van der Waals surface area contributed by atoms with Crippen LogP contribution < -0.4 is 5.73 Å². The highest BCUT2D eigenvalue weighted by atomic mass is 35.5. The Labute approximate surface area is 214 Å². The van der Waals surface area contributed by atoms with Crippen molar-refractivity contribution in [2.24, 2.45) is 0 Å².